The van der Waals surface area contributed by atoms with Crippen LogP contribution in [-0.4, -0.2) is 31.5 Å². The molecule has 84 valence electrons. The second-order valence-corrected chi connectivity index (χ2v) is 3.14. The summed E-state index contributed by atoms with van der Waals surface area (Å²) < 4.78 is 10.3. The molecule has 0 aliphatic rings. The Morgan fingerprint density at radius 1 is 1.40 bits per heavy atom. The van der Waals surface area contributed by atoms with E-state index >= 15 is 0 Å². The van der Waals surface area contributed by atoms with Gasteiger partial charge in [0.25, 0.3) is 0 Å². The predicted molar refractivity (Wildman–Crippen MR) is 56.9 cm³/mol. The van der Waals surface area contributed by atoms with E-state index in [1.54, 1.807) is 20.4 Å². The zero-order chi connectivity index (χ0) is 11.1. The molecule has 0 fully saturated rings. The molecule has 0 saturated carbocycles. The minimum Gasteiger partial charge on any atom is -0.354 e. The summed E-state index contributed by atoms with van der Waals surface area (Å²) in [6.07, 6.45) is 2.03. The fourth-order valence-electron chi connectivity index (χ4n) is 1.40. The SMILES string of the molecule is COC(OC)C(Cc1ccccn1)NN. The molecule has 1 aromatic heterocycles. The maximum Gasteiger partial charge on any atom is 0.173 e. The van der Waals surface area contributed by atoms with Gasteiger partial charge in [0.05, 0.1) is 6.04 Å². The fraction of sp³-hybridized carbons (Fsp3) is 0.500. The monoisotopic (exact) mass is 211 g/mol. The van der Waals surface area contributed by atoms with Crippen LogP contribution in [0.2, 0.25) is 0 Å². The first-order chi connectivity index (χ1) is 7.31. The molecule has 0 bridgehead atoms. The summed E-state index contributed by atoms with van der Waals surface area (Å²) in [7, 11) is 3.16. The summed E-state index contributed by atoms with van der Waals surface area (Å²) in [5, 5.41) is 0. The molecule has 1 unspecified atom stereocenters. The highest BCUT2D eigenvalue weighted by molar-refractivity contribution is 5.05. The quantitative estimate of drug-likeness (QED) is 0.396. The molecule has 0 aliphatic heterocycles. The highest BCUT2D eigenvalue weighted by Crippen LogP contribution is 2.05. The van der Waals surface area contributed by atoms with Crippen molar-refractivity contribution in [3.63, 3.8) is 0 Å². The zero-order valence-corrected chi connectivity index (χ0v) is 9.01. The van der Waals surface area contributed by atoms with Crippen molar-refractivity contribution in [2.24, 2.45) is 5.84 Å². The molecule has 0 saturated heterocycles. The van der Waals surface area contributed by atoms with Crippen LogP contribution in [0.3, 0.4) is 0 Å². The third-order valence-corrected chi connectivity index (χ3v) is 2.16. The predicted octanol–water partition coefficient (Wildman–Crippen LogP) is 0.0749. The third-order valence-electron chi connectivity index (χ3n) is 2.16. The van der Waals surface area contributed by atoms with Gasteiger partial charge in [-0.25, -0.2) is 0 Å². The van der Waals surface area contributed by atoms with E-state index in [0.29, 0.717) is 6.42 Å². The Hall–Kier alpha value is -1.01. The fourth-order valence-corrected chi connectivity index (χ4v) is 1.40. The number of hydrazine groups is 1. The van der Waals surface area contributed by atoms with Crippen molar-refractivity contribution < 1.29 is 9.47 Å². The minimum atomic E-state index is -0.378. The summed E-state index contributed by atoms with van der Waals surface area (Å²) in [5.74, 6) is 5.43. The second-order valence-electron chi connectivity index (χ2n) is 3.14. The number of pyridine rings is 1. The van der Waals surface area contributed by atoms with Crippen molar-refractivity contribution in [3.05, 3.63) is 30.1 Å². The summed E-state index contributed by atoms with van der Waals surface area (Å²) in [6.45, 7) is 0. The van der Waals surface area contributed by atoms with Crippen LogP contribution >= 0.6 is 0 Å². The van der Waals surface area contributed by atoms with E-state index in [0.717, 1.165) is 5.69 Å². The van der Waals surface area contributed by atoms with Gasteiger partial charge in [0.15, 0.2) is 6.29 Å². The summed E-state index contributed by atoms with van der Waals surface area (Å²) in [5.41, 5.74) is 3.61. The number of rotatable bonds is 6. The lowest BCUT2D eigenvalue weighted by Gasteiger charge is -2.23. The maximum absolute atomic E-state index is 5.43. The summed E-state index contributed by atoms with van der Waals surface area (Å²) in [6, 6.07) is 5.63. The first kappa shape index (κ1) is 12.1. The number of nitrogens with one attached hydrogen (secondary N) is 1. The van der Waals surface area contributed by atoms with Gasteiger partial charge in [0.2, 0.25) is 0 Å². The van der Waals surface area contributed by atoms with E-state index in [-0.39, 0.29) is 12.3 Å². The molecule has 0 spiro atoms. The molecule has 0 amide bonds. The largest absolute Gasteiger partial charge is 0.354 e. The van der Waals surface area contributed by atoms with Gasteiger partial charge in [-0.15, -0.1) is 0 Å². The molecule has 0 aliphatic carbocycles. The number of nitrogens with zero attached hydrogens (tertiary/aromatic N) is 1. The average Bonchev–Trinajstić information content (AvgIpc) is 2.30. The molecule has 15 heavy (non-hydrogen) atoms. The van der Waals surface area contributed by atoms with Crippen molar-refractivity contribution in [1.82, 2.24) is 10.4 Å². The summed E-state index contributed by atoms with van der Waals surface area (Å²) >= 11 is 0. The number of hydrogen-bond acceptors (Lipinski definition) is 5. The lowest BCUT2D eigenvalue weighted by atomic mass is 10.1. The molecule has 1 aromatic rings. The van der Waals surface area contributed by atoms with Crippen LogP contribution in [0.1, 0.15) is 5.69 Å². The molecule has 1 heterocycles. The van der Waals surface area contributed by atoms with E-state index in [4.69, 9.17) is 15.3 Å². The van der Waals surface area contributed by atoms with Crippen LogP contribution in [-0.2, 0) is 15.9 Å². The van der Waals surface area contributed by atoms with Gasteiger partial charge < -0.3 is 9.47 Å². The Balaban J connectivity index is 2.61. The van der Waals surface area contributed by atoms with E-state index in [1.807, 2.05) is 18.2 Å². The molecule has 5 nitrogen and oxygen atoms in total. The average molecular weight is 211 g/mol. The van der Waals surface area contributed by atoms with Crippen molar-refractivity contribution >= 4 is 0 Å². The van der Waals surface area contributed by atoms with Crippen LogP contribution in [0.5, 0.6) is 0 Å². The highest BCUT2D eigenvalue weighted by Gasteiger charge is 2.20. The Labute approximate surface area is 89.6 Å². The first-order valence-electron chi connectivity index (χ1n) is 4.73. The smallest absolute Gasteiger partial charge is 0.173 e. The van der Waals surface area contributed by atoms with Crippen LogP contribution in [0.4, 0.5) is 0 Å². The number of methoxy groups -OCH3 is 2. The second kappa shape index (κ2) is 6.47. The van der Waals surface area contributed by atoms with Crippen LogP contribution < -0.4 is 11.3 Å². The molecule has 1 atom stereocenters. The number of ether oxygens (including phenoxy) is 2. The van der Waals surface area contributed by atoms with Gasteiger partial charge in [-0.2, -0.15) is 0 Å². The van der Waals surface area contributed by atoms with E-state index < -0.39 is 0 Å². The van der Waals surface area contributed by atoms with Gasteiger partial charge in [-0.3, -0.25) is 16.3 Å². The Morgan fingerprint density at radius 3 is 2.60 bits per heavy atom. The zero-order valence-electron chi connectivity index (χ0n) is 9.01. The van der Waals surface area contributed by atoms with E-state index in [2.05, 4.69) is 10.4 Å². The van der Waals surface area contributed by atoms with Gasteiger partial charge in [-0.05, 0) is 12.1 Å². The third kappa shape index (κ3) is 3.56. The van der Waals surface area contributed by atoms with Gasteiger partial charge in [0.1, 0.15) is 0 Å². The van der Waals surface area contributed by atoms with Crippen molar-refractivity contribution in [1.29, 1.82) is 0 Å². The minimum absolute atomic E-state index is 0.116. The van der Waals surface area contributed by atoms with Crippen molar-refractivity contribution in [2.75, 3.05) is 14.2 Å². The Morgan fingerprint density at radius 2 is 2.13 bits per heavy atom. The molecular formula is C10H17N3O2. The Kier molecular flexibility index (Phi) is 5.20. The Bertz CT molecular complexity index is 265. The van der Waals surface area contributed by atoms with Gasteiger partial charge >= 0.3 is 0 Å². The number of nitrogens with two attached hydrogens (primary N) is 1. The van der Waals surface area contributed by atoms with Crippen molar-refractivity contribution in [3.8, 4) is 0 Å². The van der Waals surface area contributed by atoms with Crippen molar-refractivity contribution in [2.45, 2.75) is 18.8 Å². The molecule has 3 N–H and O–H groups in total. The van der Waals surface area contributed by atoms with Crippen LogP contribution in [0.15, 0.2) is 24.4 Å². The lowest BCUT2D eigenvalue weighted by Crippen LogP contribution is -2.47. The number of aromatic nitrogens is 1. The van der Waals surface area contributed by atoms with Gasteiger partial charge in [0, 0.05) is 32.5 Å². The van der Waals surface area contributed by atoms with E-state index in [1.165, 1.54) is 0 Å². The molecule has 0 aromatic carbocycles. The first-order valence-corrected chi connectivity index (χ1v) is 4.73. The van der Waals surface area contributed by atoms with E-state index in [9.17, 15) is 0 Å². The summed E-state index contributed by atoms with van der Waals surface area (Å²) in [4.78, 5) is 4.21. The molecular weight excluding hydrogens is 194 g/mol. The number of hydrogen-bond donors (Lipinski definition) is 2. The highest BCUT2D eigenvalue weighted by atomic mass is 16.7. The normalized spacial score (nSPS) is 13.1. The molecule has 1 rings (SSSR count). The van der Waals surface area contributed by atoms with Crippen LogP contribution in [0, 0.1) is 0 Å². The molecule has 0 radical (unpaired) electrons. The topological polar surface area (TPSA) is 69.4 Å². The van der Waals surface area contributed by atoms with Crippen LogP contribution in [0.25, 0.3) is 0 Å². The lowest BCUT2D eigenvalue weighted by molar-refractivity contribution is -0.122. The maximum atomic E-state index is 5.43. The molecule has 5 heteroatoms. The van der Waals surface area contributed by atoms with Gasteiger partial charge in [-0.1, -0.05) is 6.07 Å². The standard InChI is InChI=1S/C10H17N3O2/c1-14-10(15-2)9(13-11)7-8-5-3-4-6-12-8/h3-6,9-10,13H,7,11H2,1-2H3.